The van der Waals surface area contributed by atoms with Crippen molar-refractivity contribution in [2.24, 2.45) is 0 Å². The predicted octanol–water partition coefficient (Wildman–Crippen LogP) is 6.25. The Kier molecular flexibility index (Phi) is 4.50. The van der Waals surface area contributed by atoms with Crippen LogP contribution in [0.2, 0.25) is 0 Å². The highest BCUT2D eigenvalue weighted by molar-refractivity contribution is 7.17. The number of aromatic nitrogens is 1. The minimum absolute atomic E-state index is 0.111. The zero-order chi connectivity index (χ0) is 20.1. The second kappa shape index (κ2) is 6.74. The van der Waals surface area contributed by atoms with Gasteiger partial charge in [-0.3, -0.25) is 4.79 Å². The molecule has 0 bridgehead atoms. The molecule has 0 aliphatic rings. The van der Waals surface area contributed by atoms with Gasteiger partial charge in [-0.15, -0.1) is 11.3 Å². The summed E-state index contributed by atoms with van der Waals surface area (Å²) in [7, 11) is 1.60. The van der Waals surface area contributed by atoms with Crippen LogP contribution in [0.3, 0.4) is 0 Å². The van der Waals surface area contributed by atoms with E-state index < -0.39 is 0 Å². The van der Waals surface area contributed by atoms with E-state index in [2.05, 4.69) is 11.9 Å². The molecular weight excluding hydrogens is 373 g/mol. The second-order valence-electron chi connectivity index (χ2n) is 7.61. The number of ether oxygens (including phenoxy) is 1. The lowest BCUT2D eigenvalue weighted by atomic mass is 9.81. The Morgan fingerprint density at radius 1 is 1.18 bits per heavy atom. The number of methoxy groups -OCH3 is 1. The number of hydrogen-bond donors (Lipinski definition) is 1. The molecule has 2 aromatic carbocycles. The van der Waals surface area contributed by atoms with Crippen LogP contribution in [0, 0.1) is 5.82 Å². The van der Waals surface area contributed by atoms with E-state index in [1.807, 2.05) is 49.6 Å². The fourth-order valence-electron chi connectivity index (χ4n) is 3.70. The Hall–Kier alpha value is -2.66. The third kappa shape index (κ3) is 2.81. The monoisotopic (exact) mass is 395 g/mol. The highest BCUT2D eigenvalue weighted by Gasteiger charge is 2.23. The zero-order valence-corrected chi connectivity index (χ0v) is 17.2. The highest BCUT2D eigenvalue weighted by Crippen LogP contribution is 2.41. The number of pyridine rings is 1. The number of nitrogens with one attached hydrogen (secondary N) is 1. The average molecular weight is 395 g/mol. The molecule has 3 nitrogen and oxygen atoms in total. The molecule has 2 aromatic heterocycles. The molecule has 5 heteroatoms. The Labute approximate surface area is 166 Å². The maximum absolute atomic E-state index is 15.1. The lowest BCUT2D eigenvalue weighted by Crippen LogP contribution is -2.17. The lowest BCUT2D eigenvalue weighted by molar-refractivity contribution is 0.417. The summed E-state index contributed by atoms with van der Waals surface area (Å²) in [5.41, 5.74) is 2.59. The SMILES string of the molecule is CCC(C)(C)c1ccc(-c2c(OC)ccc3[nH]c(=O)c4sccc4c23)cc1F. The molecule has 4 aromatic rings. The first kappa shape index (κ1) is 18.7. The van der Waals surface area contributed by atoms with Crippen molar-refractivity contribution in [3.63, 3.8) is 0 Å². The van der Waals surface area contributed by atoms with E-state index in [9.17, 15) is 4.79 Å². The summed E-state index contributed by atoms with van der Waals surface area (Å²) in [5, 5.41) is 3.63. The van der Waals surface area contributed by atoms with Crippen molar-refractivity contribution in [1.29, 1.82) is 0 Å². The smallest absolute Gasteiger partial charge is 0.266 e. The van der Waals surface area contributed by atoms with Crippen molar-refractivity contribution in [3.05, 3.63) is 63.5 Å². The molecule has 0 fully saturated rings. The summed E-state index contributed by atoms with van der Waals surface area (Å²) < 4.78 is 21.3. The quantitative estimate of drug-likeness (QED) is 0.444. The molecule has 0 saturated heterocycles. The maximum Gasteiger partial charge on any atom is 0.266 e. The van der Waals surface area contributed by atoms with Crippen LogP contribution in [-0.2, 0) is 5.41 Å². The molecule has 2 heterocycles. The van der Waals surface area contributed by atoms with Gasteiger partial charge in [0.1, 0.15) is 16.3 Å². The number of rotatable bonds is 4. The zero-order valence-electron chi connectivity index (χ0n) is 16.4. The van der Waals surface area contributed by atoms with Crippen LogP contribution in [0.4, 0.5) is 4.39 Å². The minimum Gasteiger partial charge on any atom is -0.496 e. The molecule has 0 spiro atoms. The number of H-pyrrole nitrogens is 1. The average Bonchev–Trinajstić information content (AvgIpc) is 3.17. The van der Waals surface area contributed by atoms with Gasteiger partial charge in [0.05, 0.1) is 7.11 Å². The van der Waals surface area contributed by atoms with Crippen LogP contribution in [-0.4, -0.2) is 12.1 Å². The van der Waals surface area contributed by atoms with Gasteiger partial charge in [-0.2, -0.15) is 0 Å². The third-order valence-corrected chi connectivity index (χ3v) is 6.56. The van der Waals surface area contributed by atoms with E-state index in [-0.39, 0.29) is 16.8 Å². The first-order chi connectivity index (χ1) is 13.4. The molecule has 0 atom stereocenters. The number of benzene rings is 2. The van der Waals surface area contributed by atoms with Crippen molar-refractivity contribution >= 4 is 32.3 Å². The molecule has 0 unspecified atom stereocenters. The minimum atomic E-state index is -0.239. The fraction of sp³-hybridized carbons (Fsp3) is 0.261. The van der Waals surface area contributed by atoms with E-state index in [4.69, 9.17) is 4.74 Å². The number of hydrogen-bond acceptors (Lipinski definition) is 3. The van der Waals surface area contributed by atoms with Crippen molar-refractivity contribution in [2.75, 3.05) is 7.11 Å². The van der Waals surface area contributed by atoms with Gasteiger partial charge in [0, 0.05) is 21.9 Å². The van der Waals surface area contributed by atoms with E-state index in [0.29, 0.717) is 21.5 Å². The molecular formula is C23H22FNO2S. The Morgan fingerprint density at radius 2 is 1.96 bits per heavy atom. The third-order valence-electron chi connectivity index (χ3n) is 5.65. The van der Waals surface area contributed by atoms with E-state index >= 15 is 4.39 Å². The molecule has 0 aliphatic heterocycles. The van der Waals surface area contributed by atoms with Crippen molar-refractivity contribution in [3.8, 4) is 16.9 Å². The molecule has 1 N–H and O–H groups in total. The van der Waals surface area contributed by atoms with E-state index in [0.717, 1.165) is 28.3 Å². The van der Waals surface area contributed by atoms with E-state index in [1.165, 1.54) is 11.3 Å². The summed E-state index contributed by atoms with van der Waals surface area (Å²) in [5.74, 6) is 0.420. The van der Waals surface area contributed by atoms with Gasteiger partial charge in [-0.1, -0.05) is 32.9 Å². The van der Waals surface area contributed by atoms with Gasteiger partial charge in [-0.05, 0) is 52.6 Å². The standard InChI is InChI=1S/C23H22FNO2S/c1-5-23(2,3)15-7-6-13(12-16(15)24)19-18(27-4)9-8-17-20(19)14-10-11-28-21(14)22(26)25-17/h6-12H,5H2,1-4H3,(H,25,26). The summed E-state index contributed by atoms with van der Waals surface area (Å²) in [6.45, 7) is 6.15. The number of halogens is 1. The van der Waals surface area contributed by atoms with Crippen LogP contribution in [0.25, 0.3) is 32.1 Å². The number of aromatic amines is 1. The summed E-state index contributed by atoms with van der Waals surface area (Å²) in [6, 6.07) is 11.0. The van der Waals surface area contributed by atoms with Crippen molar-refractivity contribution in [2.45, 2.75) is 32.6 Å². The van der Waals surface area contributed by atoms with Crippen LogP contribution in [0.15, 0.2) is 46.6 Å². The molecule has 0 radical (unpaired) electrons. The van der Waals surface area contributed by atoms with Gasteiger partial charge >= 0.3 is 0 Å². The van der Waals surface area contributed by atoms with Crippen molar-refractivity contribution in [1.82, 2.24) is 4.98 Å². The second-order valence-corrected chi connectivity index (χ2v) is 8.53. The van der Waals surface area contributed by atoms with Crippen LogP contribution in [0.1, 0.15) is 32.8 Å². The predicted molar refractivity (Wildman–Crippen MR) is 115 cm³/mol. The van der Waals surface area contributed by atoms with Crippen LogP contribution < -0.4 is 10.3 Å². The normalized spacial score (nSPS) is 12.0. The summed E-state index contributed by atoms with van der Waals surface area (Å²) >= 11 is 1.40. The van der Waals surface area contributed by atoms with Gasteiger partial charge in [0.15, 0.2) is 0 Å². The molecule has 0 aliphatic carbocycles. The first-order valence-electron chi connectivity index (χ1n) is 9.28. The van der Waals surface area contributed by atoms with Crippen molar-refractivity contribution < 1.29 is 9.13 Å². The Morgan fingerprint density at radius 3 is 2.64 bits per heavy atom. The van der Waals surface area contributed by atoms with Gasteiger partial charge in [0.2, 0.25) is 0 Å². The molecule has 28 heavy (non-hydrogen) atoms. The Balaban J connectivity index is 2.07. The van der Waals surface area contributed by atoms with Crippen LogP contribution in [0.5, 0.6) is 5.75 Å². The number of thiophene rings is 1. The number of fused-ring (bicyclic) bond motifs is 3. The maximum atomic E-state index is 15.1. The lowest BCUT2D eigenvalue weighted by Gasteiger charge is -2.24. The molecule has 0 saturated carbocycles. The molecule has 144 valence electrons. The molecule has 0 amide bonds. The fourth-order valence-corrected chi connectivity index (χ4v) is 4.49. The van der Waals surface area contributed by atoms with Gasteiger partial charge < -0.3 is 9.72 Å². The topological polar surface area (TPSA) is 42.1 Å². The van der Waals surface area contributed by atoms with Gasteiger partial charge in [0.25, 0.3) is 5.56 Å². The van der Waals surface area contributed by atoms with Gasteiger partial charge in [-0.25, -0.2) is 4.39 Å². The first-order valence-corrected chi connectivity index (χ1v) is 10.2. The highest BCUT2D eigenvalue weighted by atomic mass is 32.1. The van der Waals surface area contributed by atoms with E-state index in [1.54, 1.807) is 13.2 Å². The largest absolute Gasteiger partial charge is 0.496 e. The Bertz CT molecular complexity index is 1250. The molecule has 4 rings (SSSR count). The summed E-state index contributed by atoms with van der Waals surface area (Å²) in [4.78, 5) is 15.3. The van der Waals surface area contributed by atoms with Crippen LogP contribution >= 0.6 is 11.3 Å². The summed E-state index contributed by atoms with van der Waals surface area (Å²) in [6.07, 6.45) is 0.845.